The lowest BCUT2D eigenvalue weighted by Gasteiger charge is -2.14. The van der Waals surface area contributed by atoms with Crippen LogP contribution < -0.4 is 0 Å². The highest BCUT2D eigenvalue weighted by Gasteiger charge is 2.23. The summed E-state index contributed by atoms with van der Waals surface area (Å²) in [6, 6.07) is 8.18. The van der Waals surface area contributed by atoms with E-state index in [1.54, 1.807) is 11.8 Å². The van der Waals surface area contributed by atoms with E-state index in [-0.39, 0.29) is 17.6 Å². The van der Waals surface area contributed by atoms with E-state index in [0.717, 1.165) is 0 Å². The highest BCUT2D eigenvalue weighted by Crippen LogP contribution is 2.25. The molecule has 2 rings (SSSR count). The van der Waals surface area contributed by atoms with Crippen LogP contribution in [-0.4, -0.2) is 15.9 Å². The molecule has 0 fully saturated rings. The van der Waals surface area contributed by atoms with Gasteiger partial charge in [0, 0.05) is 10.3 Å². The molecule has 21 heavy (non-hydrogen) atoms. The van der Waals surface area contributed by atoms with E-state index in [9.17, 15) is 4.79 Å². The Morgan fingerprint density at radius 2 is 2.00 bits per heavy atom. The summed E-state index contributed by atoms with van der Waals surface area (Å²) in [4.78, 5) is 17.4. The van der Waals surface area contributed by atoms with Crippen molar-refractivity contribution in [1.29, 1.82) is 0 Å². The molecule has 0 amide bonds. The van der Waals surface area contributed by atoms with Gasteiger partial charge in [-0.2, -0.15) is 4.98 Å². The molecule has 1 heterocycles. The third kappa shape index (κ3) is 4.43. The van der Waals surface area contributed by atoms with E-state index in [2.05, 4.69) is 29.2 Å². The molecule has 0 aliphatic heterocycles. The van der Waals surface area contributed by atoms with Crippen molar-refractivity contribution < 1.29 is 9.32 Å². The van der Waals surface area contributed by atoms with Crippen molar-refractivity contribution in [2.24, 2.45) is 5.41 Å². The van der Waals surface area contributed by atoms with Crippen LogP contribution in [0.1, 0.15) is 38.0 Å². The van der Waals surface area contributed by atoms with Crippen molar-refractivity contribution in [3.05, 3.63) is 41.5 Å². The summed E-state index contributed by atoms with van der Waals surface area (Å²) in [6.07, 6.45) is 0.200. The maximum Gasteiger partial charge on any atom is 0.234 e. The van der Waals surface area contributed by atoms with Gasteiger partial charge in [0.2, 0.25) is 5.89 Å². The Morgan fingerprint density at radius 3 is 2.67 bits per heavy atom. The summed E-state index contributed by atoms with van der Waals surface area (Å²) in [5.41, 5.74) is 0.846. The highest BCUT2D eigenvalue weighted by molar-refractivity contribution is 7.98. The summed E-state index contributed by atoms with van der Waals surface area (Å²) < 4.78 is 5.15. The summed E-state index contributed by atoms with van der Waals surface area (Å²) in [5, 5.41) is 3.94. The number of hydrogen-bond donors (Lipinski definition) is 0. The number of benzene rings is 1. The van der Waals surface area contributed by atoms with Crippen LogP contribution in [0.2, 0.25) is 0 Å². The Balaban J connectivity index is 1.95. The minimum atomic E-state index is -0.384. The van der Waals surface area contributed by atoms with Crippen LogP contribution in [0.3, 0.4) is 0 Å². The Kier molecular flexibility index (Phi) is 4.83. The van der Waals surface area contributed by atoms with Gasteiger partial charge in [-0.3, -0.25) is 4.79 Å². The Bertz CT molecular complexity index is 629. The number of carbonyl (C=O) groups excluding carboxylic acids is 1. The third-order valence-corrected chi connectivity index (χ3v) is 4.28. The molecule has 0 radical (unpaired) electrons. The lowest BCUT2D eigenvalue weighted by atomic mass is 9.89. The summed E-state index contributed by atoms with van der Waals surface area (Å²) >= 11 is 1.67. The molecule has 2 aromatic rings. The van der Waals surface area contributed by atoms with Gasteiger partial charge in [-0.05, 0) is 18.6 Å². The number of aromatic nitrogens is 2. The number of ketones is 1. The first-order valence-electron chi connectivity index (χ1n) is 6.89. The van der Waals surface area contributed by atoms with Crippen LogP contribution in [0.15, 0.2) is 33.7 Å². The molecular formula is C16H20N2O2S. The summed E-state index contributed by atoms with van der Waals surface area (Å²) in [6.45, 7) is 7.74. The van der Waals surface area contributed by atoms with E-state index in [1.807, 2.05) is 32.9 Å². The second-order valence-electron chi connectivity index (χ2n) is 6.01. The minimum Gasteiger partial charge on any atom is -0.339 e. The van der Waals surface area contributed by atoms with Crippen LogP contribution in [0.5, 0.6) is 0 Å². The van der Waals surface area contributed by atoms with Gasteiger partial charge in [-0.25, -0.2) is 0 Å². The van der Waals surface area contributed by atoms with E-state index in [4.69, 9.17) is 4.52 Å². The molecule has 0 atom stereocenters. The first-order valence-corrected chi connectivity index (χ1v) is 7.88. The lowest BCUT2D eigenvalue weighted by molar-refractivity contribution is -0.125. The fourth-order valence-corrected chi connectivity index (χ4v) is 2.56. The number of nitrogens with zero attached hydrogens (tertiary/aromatic N) is 2. The third-order valence-electron chi connectivity index (χ3n) is 3.11. The normalized spacial score (nSPS) is 11.6. The summed E-state index contributed by atoms with van der Waals surface area (Å²) in [5.74, 6) is 1.76. The number of Topliss-reactive ketones (excluding diaryl/α,β-unsaturated/α-hetero) is 1. The molecule has 0 spiro atoms. The SMILES string of the molecule is Cc1ccccc1SCc1noc(CC(=O)C(C)(C)C)n1. The van der Waals surface area contributed by atoms with E-state index in [0.29, 0.717) is 17.5 Å². The molecule has 0 unspecified atom stereocenters. The van der Waals surface area contributed by atoms with Gasteiger partial charge in [-0.1, -0.05) is 44.1 Å². The predicted molar refractivity (Wildman–Crippen MR) is 83.2 cm³/mol. The molecule has 0 saturated carbocycles. The molecule has 112 valence electrons. The number of carbonyl (C=O) groups is 1. The maximum atomic E-state index is 11.9. The number of thioether (sulfide) groups is 1. The topological polar surface area (TPSA) is 56.0 Å². The molecule has 5 heteroatoms. The first kappa shape index (κ1) is 15.8. The molecule has 0 aliphatic carbocycles. The second kappa shape index (κ2) is 6.43. The molecule has 0 N–H and O–H groups in total. The molecule has 0 aliphatic rings. The number of aryl methyl sites for hydroxylation is 1. The summed E-state index contributed by atoms with van der Waals surface area (Å²) in [7, 11) is 0. The van der Waals surface area contributed by atoms with Crippen molar-refractivity contribution in [1.82, 2.24) is 10.1 Å². The fourth-order valence-electron chi connectivity index (χ4n) is 1.68. The van der Waals surface area contributed by atoms with Gasteiger partial charge in [-0.15, -0.1) is 11.8 Å². The number of hydrogen-bond acceptors (Lipinski definition) is 5. The lowest BCUT2D eigenvalue weighted by Crippen LogP contribution is -2.22. The smallest absolute Gasteiger partial charge is 0.234 e. The zero-order valence-corrected chi connectivity index (χ0v) is 13.7. The molecular weight excluding hydrogens is 284 g/mol. The van der Waals surface area contributed by atoms with E-state index in [1.165, 1.54) is 10.5 Å². The van der Waals surface area contributed by atoms with Gasteiger partial charge >= 0.3 is 0 Å². The molecule has 0 saturated heterocycles. The van der Waals surface area contributed by atoms with Gasteiger partial charge in [0.1, 0.15) is 5.78 Å². The monoisotopic (exact) mass is 304 g/mol. The zero-order valence-electron chi connectivity index (χ0n) is 12.8. The van der Waals surface area contributed by atoms with Gasteiger partial charge < -0.3 is 4.52 Å². The van der Waals surface area contributed by atoms with Crippen molar-refractivity contribution in [2.75, 3.05) is 0 Å². The Hall–Kier alpha value is -1.62. The maximum absolute atomic E-state index is 11.9. The van der Waals surface area contributed by atoms with E-state index >= 15 is 0 Å². The Labute approximate surface area is 129 Å². The van der Waals surface area contributed by atoms with Crippen LogP contribution in [0, 0.1) is 12.3 Å². The average molecular weight is 304 g/mol. The Morgan fingerprint density at radius 1 is 1.29 bits per heavy atom. The highest BCUT2D eigenvalue weighted by atomic mass is 32.2. The van der Waals surface area contributed by atoms with E-state index < -0.39 is 0 Å². The standard InChI is InChI=1S/C16H20N2O2S/c1-11-7-5-6-8-12(11)21-10-14-17-15(20-18-14)9-13(19)16(2,3)4/h5-8H,9-10H2,1-4H3. The van der Waals surface area contributed by atoms with Gasteiger partial charge in [0.05, 0.1) is 12.2 Å². The van der Waals surface area contributed by atoms with Crippen LogP contribution >= 0.6 is 11.8 Å². The molecule has 1 aromatic carbocycles. The van der Waals surface area contributed by atoms with Crippen LogP contribution in [0.4, 0.5) is 0 Å². The average Bonchev–Trinajstić information content (AvgIpc) is 2.84. The van der Waals surface area contributed by atoms with Crippen molar-refractivity contribution in [2.45, 2.75) is 44.8 Å². The predicted octanol–water partition coefficient (Wildman–Crippen LogP) is 3.83. The van der Waals surface area contributed by atoms with Crippen molar-refractivity contribution >= 4 is 17.5 Å². The molecule has 4 nitrogen and oxygen atoms in total. The molecule has 1 aromatic heterocycles. The first-order chi connectivity index (χ1) is 9.86. The van der Waals surface area contributed by atoms with Crippen molar-refractivity contribution in [3.63, 3.8) is 0 Å². The minimum absolute atomic E-state index is 0.101. The van der Waals surface area contributed by atoms with Gasteiger partial charge in [0.15, 0.2) is 5.82 Å². The van der Waals surface area contributed by atoms with Crippen molar-refractivity contribution in [3.8, 4) is 0 Å². The fraction of sp³-hybridized carbons (Fsp3) is 0.438. The van der Waals surface area contributed by atoms with Gasteiger partial charge in [0.25, 0.3) is 0 Å². The largest absolute Gasteiger partial charge is 0.339 e. The zero-order chi connectivity index (χ0) is 15.5. The number of rotatable bonds is 5. The second-order valence-corrected chi connectivity index (χ2v) is 7.03. The quantitative estimate of drug-likeness (QED) is 0.786. The molecule has 0 bridgehead atoms. The van der Waals surface area contributed by atoms with Crippen LogP contribution in [0.25, 0.3) is 0 Å². The van der Waals surface area contributed by atoms with Crippen LogP contribution in [-0.2, 0) is 17.0 Å².